The topological polar surface area (TPSA) is 66.2 Å². The third-order valence-electron chi connectivity index (χ3n) is 7.50. The van der Waals surface area contributed by atoms with Crippen molar-refractivity contribution in [2.45, 2.75) is 70.8 Å². The van der Waals surface area contributed by atoms with Crippen molar-refractivity contribution < 1.29 is 14.3 Å². The van der Waals surface area contributed by atoms with E-state index in [2.05, 4.69) is 77.8 Å². The summed E-state index contributed by atoms with van der Waals surface area (Å²) in [7, 11) is 1.46. The van der Waals surface area contributed by atoms with Crippen molar-refractivity contribution in [3.8, 4) is 16.9 Å². The third kappa shape index (κ3) is 7.33. The molecular weight excluding hydrogens is 566 g/mol. The fourth-order valence-electron chi connectivity index (χ4n) is 5.25. The predicted molar refractivity (Wildman–Crippen MR) is 179 cm³/mol. The van der Waals surface area contributed by atoms with Gasteiger partial charge in [0, 0.05) is 62.9 Å². The number of pyridine rings is 2. The molecule has 0 aliphatic carbocycles. The molecule has 0 saturated heterocycles. The number of esters is 1. The number of fused-ring (bicyclic) bond motifs is 1. The molecule has 3 heterocycles. The molecule has 44 heavy (non-hydrogen) atoms. The summed E-state index contributed by atoms with van der Waals surface area (Å²) in [6, 6.07) is 24.9. The highest BCUT2D eigenvalue weighted by atomic mass is 32.2. The van der Waals surface area contributed by atoms with Gasteiger partial charge >= 0.3 is 5.97 Å². The van der Waals surface area contributed by atoms with E-state index in [4.69, 9.17) is 9.47 Å². The molecule has 5 aromatic rings. The molecule has 0 N–H and O–H groups in total. The lowest BCUT2D eigenvalue weighted by atomic mass is 9.87. The Morgan fingerprint density at radius 2 is 1.66 bits per heavy atom. The van der Waals surface area contributed by atoms with Gasteiger partial charge in [0.05, 0.1) is 18.2 Å². The largest absolute Gasteiger partial charge is 0.487 e. The van der Waals surface area contributed by atoms with Crippen molar-refractivity contribution in [2.75, 3.05) is 7.11 Å². The third-order valence-corrected chi connectivity index (χ3v) is 8.77. The quantitative estimate of drug-likeness (QED) is 0.117. The summed E-state index contributed by atoms with van der Waals surface area (Å²) in [6.07, 6.45) is 4.23. The Kier molecular flexibility index (Phi) is 9.16. The van der Waals surface area contributed by atoms with Crippen LogP contribution in [0.5, 0.6) is 5.75 Å². The standard InChI is InChI=1S/C37H41N3O3S/c1-25-11-14-28(22-39-25)27-15-12-26(13-16-27)23-40-32-18-17-30(43-24-29-10-8-9-19-38-29)20-31(32)34(44-36(2,3)4)33(40)21-37(5,6)35(41)42-7/h8-20,22H,21,23-24H2,1-7H3. The van der Waals surface area contributed by atoms with Gasteiger partial charge in [-0.1, -0.05) is 57.2 Å². The van der Waals surface area contributed by atoms with E-state index in [0.29, 0.717) is 19.6 Å². The van der Waals surface area contributed by atoms with Gasteiger partial charge in [-0.25, -0.2) is 0 Å². The number of hydrogen-bond donors (Lipinski definition) is 0. The molecule has 5 rings (SSSR count). The summed E-state index contributed by atoms with van der Waals surface area (Å²) >= 11 is 1.82. The molecule has 0 amide bonds. The Bertz CT molecular complexity index is 1740. The molecule has 0 unspecified atom stereocenters. The van der Waals surface area contributed by atoms with E-state index in [0.717, 1.165) is 49.8 Å². The van der Waals surface area contributed by atoms with Crippen molar-refractivity contribution in [3.05, 3.63) is 108 Å². The number of carbonyl (C=O) groups excluding carboxylic acids is 1. The van der Waals surface area contributed by atoms with E-state index in [9.17, 15) is 4.79 Å². The van der Waals surface area contributed by atoms with Gasteiger partial charge in [-0.2, -0.15) is 0 Å². The van der Waals surface area contributed by atoms with Crippen molar-refractivity contribution in [3.63, 3.8) is 0 Å². The lowest BCUT2D eigenvalue weighted by Crippen LogP contribution is -2.29. The molecule has 2 aromatic carbocycles. The van der Waals surface area contributed by atoms with Gasteiger partial charge < -0.3 is 14.0 Å². The number of methoxy groups -OCH3 is 1. The predicted octanol–water partition coefficient (Wildman–Crippen LogP) is 8.67. The van der Waals surface area contributed by atoms with Crippen molar-refractivity contribution in [1.29, 1.82) is 0 Å². The Labute approximate surface area is 264 Å². The van der Waals surface area contributed by atoms with Crippen LogP contribution in [-0.2, 0) is 29.1 Å². The molecular formula is C37H41N3O3S. The lowest BCUT2D eigenvalue weighted by Gasteiger charge is -2.25. The number of thioether (sulfide) groups is 1. The van der Waals surface area contributed by atoms with Crippen LogP contribution in [0.25, 0.3) is 22.0 Å². The second-order valence-electron chi connectivity index (χ2n) is 12.8. The zero-order valence-corrected chi connectivity index (χ0v) is 27.5. The fraction of sp³-hybridized carbons (Fsp3) is 0.324. The first kappa shape index (κ1) is 31.3. The van der Waals surface area contributed by atoms with Crippen LogP contribution in [0.2, 0.25) is 0 Å². The van der Waals surface area contributed by atoms with E-state index in [1.807, 2.05) is 69.1 Å². The van der Waals surface area contributed by atoms with E-state index >= 15 is 0 Å². The van der Waals surface area contributed by atoms with Crippen LogP contribution in [0.3, 0.4) is 0 Å². The van der Waals surface area contributed by atoms with Crippen LogP contribution >= 0.6 is 11.8 Å². The molecule has 6 nitrogen and oxygen atoms in total. The molecule has 0 radical (unpaired) electrons. The van der Waals surface area contributed by atoms with Gasteiger partial charge in [0.2, 0.25) is 0 Å². The maximum atomic E-state index is 12.9. The van der Waals surface area contributed by atoms with Gasteiger partial charge in [0.1, 0.15) is 12.4 Å². The lowest BCUT2D eigenvalue weighted by molar-refractivity contribution is -0.150. The molecule has 0 atom stereocenters. The van der Waals surface area contributed by atoms with Gasteiger partial charge in [0.25, 0.3) is 0 Å². The summed E-state index contributed by atoms with van der Waals surface area (Å²) in [5, 5.41) is 1.11. The number of nitrogens with zero attached hydrogens (tertiary/aromatic N) is 3. The van der Waals surface area contributed by atoms with Crippen LogP contribution < -0.4 is 4.74 Å². The van der Waals surface area contributed by atoms with Gasteiger partial charge in [-0.3, -0.25) is 14.8 Å². The number of benzene rings is 2. The molecule has 228 valence electrons. The molecule has 0 fully saturated rings. The number of carbonyl (C=O) groups is 1. The van der Waals surface area contributed by atoms with E-state index in [-0.39, 0.29) is 10.7 Å². The SMILES string of the molecule is COC(=O)C(C)(C)Cc1c(SC(C)(C)C)c2cc(OCc3ccccn3)ccc2n1Cc1ccc(-c2ccc(C)nc2)cc1. The smallest absolute Gasteiger partial charge is 0.311 e. The van der Waals surface area contributed by atoms with Crippen LogP contribution in [0.15, 0.2) is 90.1 Å². The van der Waals surface area contributed by atoms with E-state index < -0.39 is 5.41 Å². The number of rotatable bonds is 10. The highest BCUT2D eigenvalue weighted by Gasteiger charge is 2.33. The first-order valence-electron chi connectivity index (χ1n) is 14.9. The molecule has 7 heteroatoms. The second-order valence-corrected chi connectivity index (χ2v) is 14.6. The zero-order valence-electron chi connectivity index (χ0n) is 26.7. The van der Waals surface area contributed by atoms with Gasteiger partial charge in [0.15, 0.2) is 0 Å². The van der Waals surface area contributed by atoms with Crippen LogP contribution in [-0.4, -0.2) is 32.4 Å². The monoisotopic (exact) mass is 607 g/mol. The van der Waals surface area contributed by atoms with Crippen LogP contribution in [0, 0.1) is 12.3 Å². The maximum Gasteiger partial charge on any atom is 0.311 e. The minimum Gasteiger partial charge on any atom is -0.487 e. The van der Waals surface area contributed by atoms with Crippen LogP contribution in [0.1, 0.15) is 57.3 Å². The van der Waals surface area contributed by atoms with E-state index in [1.54, 1.807) is 6.20 Å². The summed E-state index contributed by atoms with van der Waals surface area (Å²) in [4.78, 5) is 22.9. The van der Waals surface area contributed by atoms with Crippen LogP contribution in [0.4, 0.5) is 0 Å². The Morgan fingerprint density at radius 3 is 2.30 bits per heavy atom. The number of hydrogen-bond acceptors (Lipinski definition) is 6. The van der Waals surface area contributed by atoms with Crippen molar-refractivity contribution >= 4 is 28.6 Å². The van der Waals surface area contributed by atoms with Crippen molar-refractivity contribution in [2.24, 2.45) is 5.41 Å². The fourth-order valence-corrected chi connectivity index (χ4v) is 6.44. The summed E-state index contributed by atoms with van der Waals surface area (Å²) in [5.41, 5.74) is 6.77. The maximum absolute atomic E-state index is 12.9. The number of ether oxygens (including phenoxy) is 2. The highest BCUT2D eigenvalue weighted by molar-refractivity contribution is 8.00. The first-order valence-corrected chi connectivity index (χ1v) is 15.7. The first-order chi connectivity index (χ1) is 20.9. The Morgan fingerprint density at radius 1 is 0.909 bits per heavy atom. The molecule has 0 aliphatic heterocycles. The molecule has 3 aromatic heterocycles. The summed E-state index contributed by atoms with van der Waals surface area (Å²) in [5.74, 6) is 0.558. The Hall–Kier alpha value is -4.10. The molecule has 0 saturated carbocycles. The molecule has 0 aliphatic rings. The minimum absolute atomic E-state index is 0.0577. The minimum atomic E-state index is -0.714. The summed E-state index contributed by atoms with van der Waals surface area (Å²) < 4.78 is 13.7. The van der Waals surface area contributed by atoms with E-state index in [1.165, 1.54) is 12.7 Å². The Balaban J connectivity index is 1.59. The normalized spacial score (nSPS) is 12.0. The van der Waals surface area contributed by atoms with Gasteiger partial charge in [-0.15, -0.1) is 11.8 Å². The van der Waals surface area contributed by atoms with Gasteiger partial charge in [-0.05, 0) is 68.3 Å². The number of aryl methyl sites for hydroxylation is 1. The molecule has 0 spiro atoms. The molecule has 0 bridgehead atoms. The zero-order chi connectivity index (χ0) is 31.5. The average molecular weight is 608 g/mol. The number of aromatic nitrogens is 3. The van der Waals surface area contributed by atoms with Crippen molar-refractivity contribution in [1.82, 2.24) is 14.5 Å². The average Bonchev–Trinajstić information content (AvgIpc) is 3.26. The summed E-state index contributed by atoms with van der Waals surface area (Å²) in [6.45, 7) is 13.6. The second kappa shape index (κ2) is 12.9. The highest BCUT2D eigenvalue weighted by Crippen LogP contribution is 2.44.